The molecular formula is C19H20N2O4S. The van der Waals surface area contributed by atoms with Gasteiger partial charge in [0, 0.05) is 23.2 Å². The smallest absolute Gasteiger partial charge is 0.275 e. The second kappa shape index (κ2) is 8.05. The number of carbonyl (C=O) groups is 1. The maximum Gasteiger partial charge on any atom is 0.275 e. The van der Waals surface area contributed by atoms with Crippen LogP contribution in [-0.4, -0.2) is 32.2 Å². The van der Waals surface area contributed by atoms with E-state index in [2.05, 4.69) is 16.4 Å². The van der Waals surface area contributed by atoms with Crippen LogP contribution in [-0.2, 0) is 0 Å². The predicted molar refractivity (Wildman–Crippen MR) is 103 cm³/mol. The lowest BCUT2D eigenvalue weighted by atomic mass is 10.1. The standard InChI is InChI=1S/C19H20N2O4S/c1-23-15-9-13(10-16(24-2)17(15)25-3)20-18(22)14-11-26-19(21-14)12-7-5-4-6-8-12/h4-5,7,9-11H,6,8H2,1-3H3,(H,20,22). The minimum atomic E-state index is -0.284. The van der Waals surface area contributed by atoms with Crippen molar-refractivity contribution in [3.63, 3.8) is 0 Å². The fourth-order valence-electron chi connectivity index (χ4n) is 2.65. The van der Waals surface area contributed by atoms with Crippen molar-refractivity contribution in [1.82, 2.24) is 4.98 Å². The lowest BCUT2D eigenvalue weighted by molar-refractivity contribution is 0.102. The molecule has 136 valence electrons. The van der Waals surface area contributed by atoms with Gasteiger partial charge in [-0.2, -0.15) is 0 Å². The molecule has 1 N–H and O–H groups in total. The summed E-state index contributed by atoms with van der Waals surface area (Å²) in [6, 6.07) is 3.36. The molecule has 1 aromatic heterocycles. The first-order chi connectivity index (χ1) is 12.7. The number of carbonyl (C=O) groups excluding carboxylic acids is 1. The van der Waals surface area contributed by atoms with Crippen molar-refractivity contribution in [2.75, 3.05) is 26.6 Å². The van der Waals surface area contributed by atoms with Crippen molar-refractivity contribution < 1.29 is 19.0 Å². The van der Waals surface area contributed by atoms with Gasteiger partial charge in [-0.15, -0.1) is 11.3 Å². The number of aromatic nitrogens is 1. The van der Waals surface area contributed by atoms with Gasteiger partial charge < -0.3 is 19.5 Å². The van der Waals surface area contributed by atoms with Crippen LogP contribution in [0, 0.1) is 0 Å². The number of nitrogens with one attached hydrogen (secondary N) is 1. The van der Waals surface area contributed by atoms with Crippen LogP contribution in [0.25, 0.3) is 5.57 Å². The van der Waals surface area contributed by atoms with Crippen LogP contribution in [0.2, 0.25) is 0 Å². The molecule has 1 aliphatic rings. The first kappa shape index (κ1) is 18.0. The molecule has 0 saturated carbocycles. The van der Waals surface area contributed by atoms with E-state index in [0.717, 1.165) is 23.4 Å². The number of ether oxygens (including phenoxy) is 3. The van der Waals surface area contributed by atoms with Gasteiger partial charge in [0.25, 0.3) is 5.91 Å². The highest BCUT2D eigenvalue weighted by Gasteiger charge is 2.17. The van der Waals surface area contributed by atoms with E-state index in [1.165, 1.54) is 32.7 Å². The third kappa shape index (κ3) is 3.72. The number of benzene rings is 1. The third-order valence-electron chi connectivity index (χ3n) is 3.95. The zero-order valence-corrected chi connectivity index (χ0v) is 15.7. The van der Waals surface area contributed by atoms with E-state index < -0.39 is 0 Å². The normalized spacial score (nSPS) is 13.1. The van der Waals surface area contributed by atoms with Crippen molar-refractivity contribution in [3.8, 4) is 17.2 Å². The Morgan fingerprint density at radius 3 is 2.46 bits per heavy atom. The highest BCUT2D eigenvalue weighted by Crippen LogP contribution is 2.40. The molecule has 0 atom stereocenters. The van der Waals surface area contributed by atoms with Gasteiger partial charge in [0.15, 0.2) is 11.5 Å². The van der Waals surface area contributed by atoms with Crippen molar-refractivity contribution in [2.24, 2.45) is 0 Å². The second-order valence-corrected chi connectivity index (χ2v) is 6.42. The summed E-state index contributed by atoms with van der Waals surface area (Å²) in [4.78, 5) is 17.0. The van der Waals surface area contributed by atoms with Crippen molar-refractivity contribution in [2.45, 2.75) is 12.8 Å². The van der Waals surface area contributed by atoms with Crippen LogP contribution in [0.15, 0.2) is 35.7 Å². The van der Waals surface area contributed by atoms with Crippen LogP contribution in [0.4, 0.5) is 5.69 Å². The van der Waals surface area contributed by atoms with Gasteiger partial charge in [-0.05, 0) is 18.4 Å². The van der Waals surface area contributed by atoms with E-state index in [1.807, 2.05) is 12.2 Å². The molecule has 6 nitrogen and oxygen atoms in total. The molecule has 3 rings (SSSR count). The summed E-state index contributed by atoms with van der Waals surface area (Å²) in [6.45, 7) is 0. The van der Waals surface area contributed by atoms with Crippen LogP contribution in [0.3, 0.4) is 0 Å². The average molecular weight is 372 g/mol. The van der Waals surface area contributed by atoms with Gasteiger partial charge in [-0.3, -0.25) is 4.79 Å². The molecule has 7 heteroatoms. The Hall–Kier alpha value is -2.80. The number of allylic oxidation sites excluding steroid dienone is 4. The third-order valence-corrected chi connectivity index (χ3v) is 4.87. The molecule has 2 aromatic rings. The van der Waals surface area contributed by atoms with E-state index in [4.69, 9.17) is 14.2 Å². The lowest BCUT2D eigenvalue weighted by Crippen LogP contribution is -2.13. The minimum absolute atomic E-state index is 0.284. The largest absolute Gasteiger partial charge is 0.493 e. The summed E-state index contributed by atoms with van der Waals surface area (Å²) in [7, 11) is 4.59. The Bertz CT molecular complexity index is 845. The number of nitrogens with zero attached hydrogens (tertiary/aromatic N) is 1. The second-order valence-electron chi connectivity index (χ2n) is 5.56. The minimum Gasteiger partial charge on any atom is -0.493 e. The number of hydrogen-bond acceptors (Lipinski definition) is 6. The molecule has 1 heterocycles. The van der Waals surface area contributed by atoms with E-state index in [-0.39, 0.29) is 5.91 Å². The summed E-state index contributed by atoms with van der Waals surface area (Å²) in [5.74, 6) is 1.13. The van der Waals surface area contributed by atoms with Gasteiger partial charge in [0.1, 0.15) is 10.7 Å². The molecule has 0 unspecified atom stereocenters. The Balaban J connectivity index is 1.81. The van der Waals surface area contributed by atoms with E-state index in [1.54, 1.807) is 17.5 Å². The molecule has 26 heavy (non-hydrogen) atoms. The monoisotopic (exact) mass is 372 g/mol. The number of thiazole rings is 1. The highest BCUT2D eigenvalue weighted by atomic mass is 32.1. The van der Waals surface area contributed by atoms with Crippen molar-refractivity contribution >= 4 is 28.5 Å². The summed E-state index contributed by atoms with van der Waals surface area (Å²) in [5, 5.41) is 5.48. The topological polar surface area (TPSA) is 69.7 Å². The molecule has 1 aliphatic carbocycles. The maximum absolute atomic E-state index is 12.6. The molecule has 0 saturated heterocycles. The lowest BCUT2D eigenvalue weighted by Gasteiger charge is -2.14. The summed E-state index contributed by atoms with van der Waals surface area (Å²) in [5.41, 5.74) is 2.08. The maximum atomic E-state index is 12.6. The molecule has 0 fully saturated rings. The quantitative estimate of drug-likeness (QED) is 0.825. The van der Waals surface area contributed by atoms with Gasteiger partial charge in [-0.25, -0.2) is 4.98 Å². The first-order valence-corrected chi connectivity index (χ1v) is 8.97. The Labute approximate surface area is 156 Å². The molecule has 0 bridgehead atoms. The predicted octanol–water partition coefficient (Wildman–Crippen LogP) is 4.15. The van der Waals surface area contributed by atoms with Crippen LogP contribution < -0.4 is 19.5 Å². The van der Waals surface area contributed by atoms with Crippen LogP contribution in [0.1, 0.15) is 28.3 Å². The molecule has 0 aliphatic heterocycles. The molecular weight excluding hydrogens is 352 g/mol. The van der Waals surface area contributed by atoms with Gasteiger partial charge in [-0.1, -0.05) is 18.2 Å². The van der Waals surface area contributed by atoms with E-state index in [0.29, 0.717) is 28.6 Å². The fourth-order valence-corrected chi connectivity index (χ4v) is 3.51. The van der Waals surface area contributed by atoms with Crippen LogP contribution in [0.5, 0.6) is 17.2 Å². The number of rotatable bonds is 6. The van der Waals surface area contributed by atoms with Gasteiger partial charge >= 0.3 is 0 Å². The zero-order chi connectivity index (χ0) is 18.5. The number of amides is 1. The number of hydrogen-bond donors (Lipinski definition) is 1. The number of anilines is 1. The van der Waals surface area contributed by atoms with E-state index >= 15 is 0 Å². The van der Waals surface area contributed by atoms with Crippen molar-refractivity contribution in [3.05, 3.63) is 46.4 Å². The summed E-state index contributed by atoms with van der Waals surface area (Å²) < 4.78 is 15.9. The zero-order valence-electron chi connectivity index (χ0n) is 14.9. The van der Waals surface area contributed by atoms with Crippen LogP contribution >= 0.6 is 11.3 Å². The Morgan fingerprint density at radius 2 is 1.88 bits per heavy atom. The van der Waals surface area contributed by atoms with E-state index in [9.17, 15) is 4.79 Å². The average Bonchev–Trinajstić information content (AvgIpc) is 3.18. The SMILES string of the molecule is COc1cc(NC(=O)c2csc(C3=CC=CCC3)n2)cc(OC)c1OC. The molecule has 1 aromatic carbocycles. The first-order valence-electron chi connectivity index (χ1n) is 8.09. The highest BCUT2D eigenvalue weighted by molar-refractivity contribution is 7.11. The summed E-state index contributed by atoms with van der Waals surface area (Å²) >= 11 is 1.47. The van der Waals surface area contributed by atoms with Gasteiger partial charge in [0.05, 0.1) is 21.3 Å². The molecule has 0 radical (unpaired) electrons. The molecule has 1 amide bonds. The molecule has 0 spiro atoms. The summed E-state index contributed by atoms with van der Waals surface area (Å²) in [6.07, 6.45) is 8.13. The number of methoxy groups -OCH3 is 3. The Kier molecular flexibility index (Phi) is 5.58. The Morgan fingerprint density at radius 1 is 1.15 bits per heavy atom. The van der Waals surface area contributed by atoms with Gasteiger partial charge in [0.2, 0.25) is 5.75 Å². The fraction of sp³-hybridized carbons (Fsp3) is 0.263. The van der Waals surface area contributed by atoms with Crippen molar-refractivity contribution in [1.29, 1.82) is 0 Å².